The number of rotatable bonds is 4. The fourth-order valence-electron chi connectivity index (χ4n) is 10.0. The van der Waals surface area contributed by atoms with Gasteiger partial charge in [-0.3, -0.25) is 0 Å². The van der Waals surface area contributed by atoms with Gasteiger partial charge in [0, 0.05) is 32.8 Å². The zero-order valence-corrected chi connectivity index (χ0v) is 33.2. The second-order valence-corrected chi connectivity index (χ2v) is 17.0. The Kier molecular flexibility index (Phi) is 7.43. The Morgan fingerprint density at radius 1 is 0.333 bits per heavy atom. The lowest BCUT2D eigenvalue weighted by molar-refractivity contribution is 0.486. The molecule has 0 atom stereocenters. The maximum absolute atomic E-state index is 7.26. The molecular formula is C54H33B2NO2S. The molecule has 13 rings (SSSR count). The van der Waals surface area contributed by atoms with Gasteiger partial charge < -0.3 is 14.4 Å². The third-order valence-electron chi connectivity index (χ3n) is 12.6. The summed E-state index contributed by atoms with van der Waals surface area (Å²) in [5.74, 6) is 3.58. The minimum atomic E-state index is -0.0697. The lowest BCUT2D eigenvalue weighted by atomic mass is 9.31. The van der Waals surface area contributed by atoms with Crippen molar-refractivity contribution >= 4 is 75.0 Å². The molecule has 0 N–H and O–H groups in total. The van der Waals surface area contributed by atoms with Crippen LogP contribution >= 0.6 is 11.8 Å². The van der Waals surface area contributed by atoms with Crippen molar-refractivity contribution < 1.29 is 9.47 Å². The summed E-state index contributed by atoms with van der Waals surface area (Å²) in [6.07, 6.45) is 0. The van der Waals surface area contributed by atoms with Crippen molar-refractivity contribution in [3.05, 3.63) is 200 Å². The van der Waals surface area contributed by atoms with Crippen LogP contribution in [0.3, 0.4) is 0 Å². The van der Waals surface area contributed by atoms with Crippen LogP contribution in [0, 0.1) is 0 Å². The molecule has 4 aliphatic rings. The van der Waals surface area contributed by atoms with Crippen LogP contribution < -0.4 is 47.2 Å². The standard InChI is InChI=1S/C54H33B2NO2S/c1-4-16-34(17-5-1)37-28-46-53-49(29-37)58-47-26-14-11-23-40(47)55(53)42-32-43-48(33-45(42)57(46)44-25-13-10-22-39(44)36-20-8-3-9-21-36)59-50-30-38(35-18-6-2-7-19-35)31-52-54(50)56(43)41-24-12-15-27-51(41)60-52/h1-33H. The molecule has 0 aromatic heterocycles. The van der Waals surface area contributed by atoms with Gasteiger partial charge in [-0.15, -0.1) is 0 Å². The number of nitrogens with zero attached hydrogens (tertiary/aromatic N) is 1. The second-order valence-electron chi connectivity index (χ2n) is 15.9. The van der Waals surface area contributed by atoms with E-state index in [9.17, 15) is 0 Å². The molecule has 278 valence electrons. The molecule has 0 saturated heterocycles. The summed E-state index contributed by atoms with van der Waals surface area (Å²) in [4.78, 5) is 5.01. The zero-order valence-electron chi connectivity index (χ0n) is 32.4. The van der Waals surface area contributed by atoms with Crippen molar-refractivity contribution in [1.29, 1.82) is 0 Å². The quantitative estimate of drug-likeness (QED) is 0.166. The molecule has 0 amide bonds. The molecule has 0 spiro atoms. The second kappa shape index (κ2) is 13.2. The lowest BCUT2D eigenvalue weighted by Gasteiger charge is -2.42. The summed E-state index contributed by atoms with van der Waals surface area (Å²) in [5.41, 5.74) is 17.5. The van der Waals surface area contributed by atoms with Gasteiger partial charge in [0.05, 0.1) is 5.69 Å². The molecule has 0 aliphatic carbocycles. The number of para-hydroxylation sites is 2. The molecule has 0 unspecified atom stereocenters. The number of anilines is 3. The van der Waals surface area contributed by atoms with Gasteiger partial charge in [-0.1, -0.05) is 169 Å². The summed E-state index contributed by atoms with van der Waals surface area (Å²) in [6.45, 7) is -0.0625. The number of ether oxygens (including phenoxy) is 2. The highest BCUT2D eigenvalue weighted by atomic mass is 32.2. The maximum atomic E-state index is 7.26. The Labute approximate surface area is 354 Å². The van der Waals surface area contributed by atoms with Crippen LogP contribution in [0.4, 0.5) is 17.1 Å². The number of fused-ring (bicyclic) bond motifs is 8. The highest BCUT2D eigenvalue weighted by Crippen LogP contribution is 2.48. The van der Waals surface area contributed by atoms with Gasteiger partial charge >= 0.3 is 0 Å². The van der Waals surface area contributed by atoms with Crippen LogP contribution in [0.1, 0.15) is 0 Å². The van der Waals surface area contributed by atoms with Crippen LogP contribution in [-0.2, 0) is 0 Å². The van der Waals surface area contributed by atoms with E-state index in [1.165, 1.54) is 48.1 Å². The number of hydrogen-bond acceptors (Lipinski definition) is 4. The highest BCUT2D eigenvalue weighted by Gasteiger charge is 2.46. The van der Waals surface area contributed by atoms with Gasteiger partial charge in [-0.25, -0.2) is 0 Å². The summed E-state index contributed by atoms with van der Waals surface area (Å²) in [6, 6.07) is 72.4. The number of hydrogen-bond donors (Lipinski definition) is 0. The Hall–Kier alpha value is -7.14. The first kappa shape index (κ1) is 33.8. The van der Waals surface area contributed by atoms with Gasteiger partial charge in [-0.2, -0.15) is 0 Å². The van der Waals surface area contributed by atoms with E-state index in [4.69, 9.17) is 9.47 Å². The van der Waals surface area contributed by atoms with E-state index in [1.54, 1.807) is 0 Å². The van der Waals surface area contributed by atoms with Crippen molar-refractivity contribution in [2.45, 2.75) is 9.79 Å². The van der Waals surface area contributed by atoms with Gasteiger partial charge in [0.1, 0.15) is 23.0 Å². The Morgan fingerprint density at radius 2 is 0.917 bits per heavy atom. The molecule has 4 heterocycles. The normalized spacial score (nSPS) is 13.4. The van der Waals surface area contributed by atoms with Crippen LogP contribution in [0.15, 0.2) is 210 Å². The van der Waals surface area contributed by atoms with Crippen LogP contribution in [0.2, 0.25) is 0 Å². The van der Waals surface area contributed by atoms with Crippen LogP contribution in [0.5, 0.6) is 23.0 Å². The molecule has 0 bridgehead atoms. The predicted octanol–water partition coefficient (Wildman–Crippen LogP) is 10.2. The number of benzene rings is 9. The van der Waals surface area contributed by atoms with E-state index in [2.05, 4.69) is 205 Å². The van der Waals surface area contributed by atoms with Gasteiger partial charge in [0.2, 0.25) is 0 Å². The largest absolute Gasteiger partial charge is 0.458 e. The fraction of sp³-hybridized carbons (Fsp3) is 0. The van der Waals surface area contributed by atoms with E-state index in [-0.39, 0.29) is 13.4 Å². The zero-order chi connectivity index (χ0) is 39.3. The first-order chi connectivity index (χ1) is 29.7. The van der Waals surface area contributed by atoms with Gasteiger partial charge in [0.15, 0.2) is 0 Å². The lowest BCUT2D eigenvalue weighted by Crippen LogP contribution is -2.63. The van der Waals surface area contributed by atoms with E-state index >= 15 is 0 Å². The van der Waals surface area contributed by atoms with E-state index in [1.807, 2.05) is 11.8 Å². The monoisotopic (exact) mass is 781 g/mol. The third-order valence-corrected chi connectivity index (χ3v) is 13.8. The van der Waals surface area contributed by atoms with Crippen molar-refractivity contribution in [1.82, 2.24) is 0 Å². The minimum Gasteiger partial charge on any atom is -0.458 e. The van der Waals surface area contributed by atoms with Gasteiger partial charge in [0.25, 0.3) is 13.4 Å². The topological polar surface area (TPSA) is 21.7 Å². The smallest absolute Gasteiger partial charge is 0.256 e. The summed E-state index contributed by atoms with van der Waals surface area (Å²) in [7, 11) is 0. The van der Waals surface area contributed by atoms with E-state index in [0.717, 1.165) is 67.9 Å². The molecule has 6 heteroatoms. The molecule has 0 radical (unpaired) electrons. The molecule has 4 aliphatic heterocycles. The summed E-state index contributed by atoms with van der Waals surface area (Å²) in [5, 5.41) is 0. The molecule has 9 aromatic carbocycles. The van der Waals surface area contributed by atoms with Gasteiger partial charge in [-0.05, 0) is 97.6 Å². The predicted molar refractivity (Wildman–Crippen MR) is 250 cm³/mol. The van der Waals surface area contributed by atoms with Crippen molar-refractivity contribution in [3.8, 4) is 56.4 Å². The van der Waals surface area contributed by atoms with Crippen molar-refractivity contribution in [3.63, 3.8) is 0 Å². The summed E-state index contributed by atoms with van der Waals surface area (Å²) >= 11 is 1.85. The molecular weight excluding hydrogens is 748 g/mol. The van der Waals surface area contributed by atoms with Crippen LogP contribution in [-0.4, -0.2) is 13.4 Å². The van der Waals surface area contributed by atoms with Crippen LogP contribution in [0.25, 0.3) is 33.4 Å². The SMILES string of the molecule is c1ccc(-c2cc3c4c(c2)Sc2ccccc2B4c2cc4c(cc2O3)N(c2ccccc2-c2ccccc2)c2cc(-c3ccccc3)cc3c2B4c2ccccc2O3)cc1. The Morgan fingerprint density at radius 3 is 1.68 bits per heavy atom. The average Bonchev–Trinajstić information content (AvgIpc) is 3.31. The summed E-state index contributed by atoms with van der Waals surface area (Å²) < 4.78 is 14.2. The first-order valence-electron chi connectivity index (χ1n) is 20.6. The third kappa shape index (κ3) is 5.07. The first-order valence-corrected chi connectivity index (χ1v) is 21.4. The van der Waals surface area contributed by atoms with Crippen molar-refractivity contribution in [2.75, 3.05) is 4.90 Å². The molecule has 60 heavy (non-hydrogen) atoms. The van der Waals surface area contributed by atoms with E-state index < -0.39 is 0 Å². The molecule has 0 fully saturated rings. The highest BCUT2D eigenvalue weighted by molar-refractivity contribution is 8.00. The Bertz CT molecular complexity index is 3210. The van der Waals surface area contributed by atoms with Crippen molar-refractivity contribution in [2.24, 2.45) is 0 Å². The van der Waals surface area contributed by atoms with E-state index in [0.29, 0.717) is 0 Å². The maximum Gasteiger partial charge on any atom is 0.256 e. The fourth-order valence-corrected chi connectivity index (χ4v) is 11.2. The molecule has 3 nitrogen and oxygen atoms in total. The molecule has 0 saturated carbocycles. The average molecular weight is 782 g/mol. The Balaban J connectivity index is 1.11. The minimum absolute atomic E-state index is 0.00721. The molecule has 9 aromatic rings.